The zero-order chi connectivity index (χ0) is 14.7. The number of rotatable bonds is 4. The topological polar surface area (TPSA) is 50.2 Å². The fourth-order valence-electron chi connectivity index (χ4n) is 2.81. The Kier molecular flexibility index (Phi) is 4.81. The zero-order valence-electron chi connectivity index (χ0n) is 13.1. The maximum absolute atomic E-state index is 12.1. The summed E-state index contributed by atoms with van der Waals surface area (Å²) in [6, 6.07) is 0.397. The number of hydrogen-bond donors (Lipinski definition) is 1. The molecule has 1 aromatic rings. The number of nitrogens with zero attached hydrogens (tertiary/aromatic N) is 3. The Morgan fingerprint density at radius 1 is 1.35 bits per heavy atom. The molecule has 0 aromatic carbocycles. The third kappa shape index (κ3) is 3.39. The van der Waals surface area contributed by atoms with Crippen molar-refractivity contribution in [3.63, 3.8) is 0 Å². The van der Waals surface area contributed by atoms with Crippen LogP contribution in [0.15, 0.2) is 0 Å². The highest BCUT2D eigenvalue weighted by molar-refractivity contribution is 5.76. The summed E-state index contributed by atoms with van der Waals surface area (Å²) in [4.78, 5) is 18.8. The summed E-state index contributed by atoms with van der Waals surface area (Å²) in [5.74, 6) is 1.05. The van der Waals surface area contributed by atoms with Crippen molar-refractivity contribution < 1.29 is 4.79 Å². The number of likely N-dealkylation sites (tertiary alicyclic amines) is 1. The van der Waals surface area contributed by atoms with Crippen LogP contribution in [0.25, 0.3) is 0 Å². The number of amides is 1. The lowest BCUT2D eigenvalue weighted by Gasteiger charge is -2.31. The second-order valence-electron chi connectivity index (χ2n) is 5.87. The van der Waals surface area contributed by atoms with Gasteiger partial charge in [-0.05, 0) is 40.3 Å². The van der Waals surface area contributed by atoms with Crippen LogP contribution in [0.1, 0.15) is 42.9 Å². The average molecular weight is 278 g/mol. The van der Waals surface area contributed by atoms with E-state index < -0.39 is 0 Å². The molecule has 5 heteroatoms. The summed E-state index contributed by atoms with van der Waals surface area (Å²) in [5.41, 5.74) is 2.19. The first-order valence-corrected chi connectivity index (χ1v) is 7.44. The number of carbonyl (C=O) groups is 1. The number of aromatic nitrogens is 2. The lowest BCUT2D eigenvalue weighted by molar-refractivity contribution is -0.122. The molecular formula is C15H26N4O. The molecule has 0 bridgehead atoms. The molecule has 1 saturated heterocycles. The molecular weight excluding hydrogens is 252 g/mol. The van der Waals surface area contributed by atoms with Gasteiger partial charge in [0.2, 0.25) is 5.91 Å². The first kappa shape index (κ1) is 15.0. The number of imidazole rings is 1. The monoisotopic (exact) mass is 278 g/mol. The molecule has 1 unspecified atom stereocenters. The fraction of sp³-hybridized carbons (Fsp3) is 0.733. The molecule has 0 aliphatic carbocycles. The quantitative estimate of drug-likeness (QED) is 0.908. The van der Waals surface area contributed by atoms with E-state index in [2.05, 4.69) is 22.2 Å². The molecule has 1 atom stereocenters. The summed E-state index contributed by atoms with van der Waals surface area (Å²) < 4.78 is 2.04. The van der Waals surface area contributed by atoms with E-state index in [0.717, 1.165) is 30.2 Å². The van der Waals surface area contributed by atoms with Crippen LogP contribution in [0, 0.1) is 13.8 Å². The minimum Gasteiger partial charge on any atom is -0.349 e. The van der Waals surface area contributed by atoms with E-state index in [-0.39, 0.29) is 5.91 Å². The largest absolute Gasteiger partial charge is 0.349 e. The van der Waals surface area contributed by atoms with Gasteiger partial charge in [0.1, 0.15) is 5.82 Å². The van der Waals surface area contributed by atoms with Gasteiger partial charge in [0.05, 0.1) is 12.2 Å². The lowest BCUT2D eigenvalue weighted by Crippen LogP contribution is -2.40. The van der Waals surface area contributed by atoms with Gasteiger partial charge < -0.3 is 14.8 Å². The van der Waals surface area contributed by atoms with E-state index in [0.29, 0.717) is 19.0 Å². The molecule has 20 heavy (non-hydrogen) atoms. The molecule has 1 N–H and O–H groups in total. The lowest BCUT2D eigenvalue weighted by atomic mass is 10.00. The molecule has 1 fully saturated rings. The smallest absolute Gasteiger partial charge is 0.221 e. The Labute approximate surface area is 121 Å². The molecule has 2 rings (SSSR count). The van der Waals surface area contributed by atoms with Gasteiger partial charge in [-0.15, -0.1) is 0 Å². The van der Waals surface area contributed by atoms with E-state index in [9.17, 15) is 4.79 Å². The van der Waals surface area contributed by atoms with E-state index in [1.54, 1.807) is 0 Å². The molecule has 0 saturated carbocycles. The Bertz CT molecular complexity index is 480. The number of nitrogens with one attached hydrogen (secondary N) is 1. The SMILES string of the molecule is Cc1nc(CNC(=O)CC2CCCCN2C)n(C)c1C. The molecule has 1 aliphatic rings. The highest BCUT2D eigenvalue weighted by Gasteiger charge is 2.21. The molecule has 5 nitrogen and oxygen atoms in total. The van der Waals surface area contributed by atoms with Gasteiger partial charge in [0.25, 0.3) is 0 Å². The summed E-state index contributed by atoms with van der Waals surface area (Å²) in [6.07, 6.45) is 4.21. The van der Waals surface area contributed by atoms with Crippen molar-refractivity contribution in [3.8, 4) is 0 Å². The molecule has 1 aromatic heterocycles. The van der Waals surface area contributed by atoms with Crippen molar-refractivity contribution in [2.75, 3.05) is 13.6 Å². The van der Waals surface area contributed by atoms with Gasteiger partial charge >= 0.3 is 0 Å². The van der Waals surface area contributed by atoms with Crippen molar-refractivity contribution in [2.24, 2.45) is 7.05 Å². The maximum atomic E-state index is 12.1. The summed E-state index contributed by atoms with van der Waals surface area (Å²) in [7, 11) is 4.11. The summed E-state index contributed by atoms with van der Waals surface area (Å²) in [5, 5.41) is 3.00. The predicted octanol–water partition coefficient (Wildman–Crippen LogP) is 1.53. The highest BCUT2D eigenvalue weighted by atomic mass is 16.1. The van der Waals surface area contributed by atoms with Gasteiger partial charge in [-0.2, -0.15) is 0 Å². The highest BCUT2D eigenvalue weighted by Crippen LogP contribution is 2.17. The van der Waals surface area contributed by atoms with E-state index in [1.807, 2.05) is 25.5 Å². The summed E-state index contributed by atoms with van der Waals surface area (Å²) in [6.45, 7) is 5.67. The van der Waals surface area contributed by atoms with Crippen LogP contribution in [-0.2, 0) is 18.4 Å². The molecule has 0 spiro atoms. The average Bonchev–Trinajstić information content (AvgIpc) is 2.66. The minimum absolute atomic E-state index is 0.127. The van der Waals surface area contributed by atoms with Crippen molar-refractivity contribution in [3.05, 3.63) is 17.2 Å². The van der Waals surface area contributed by atoms with Gasteiger partial charge in [-0.1, -0.05) is 6.42 Å². The van der Waals surface area contributed by atoms with Crippen LogP contribution in [0.4, 0.5) is 0 Å². The van der Waals surface area contributed by atoms with Gasteiger partial charge in [-0.25, -0.2) is 4.98 Å². The van der Waals surface area contributed by atoms with Crippen molar-refractivity contribution in [2.45, 2.75) is 52.1 Å². The first-order valence-electron chi connectivity index (χ1n) is 7.44. The van der Waals surface area contributed by atoms with Gasteiger partial charge in [-0.3, -0.25) is 4.79 Å². The van der Waals surface area contributed by atoms with Crippen LogP contribution < -0.4 is 5.32 Å². The van der Waals surface area contributed by atoms with E-state index in [4.69, 9.17) is 0 Å². The molecule has 2 heterocycles. The molecule has 0 radical (unpaired) electrons. The van der Waals surface area contributed by atoms with Gasteiger partial charge in [0, 0.05) is 25.2 Å². The van der Waals surface area contributed by atoms with Crippen molar-refractivity contribution >= 4 is 5.91 Å². The summed E-state index contributed by atoms with van der Waals surface area (Å²) >= 11 is 0. The number of aryl methyl sites for hydroxylation is 1. The maximum Gasteiger partial charge on any atom is 0.221 e. The first-order chi connectivity index (χ1) is 9.49. The minimum atomic E-state index is 0.127. The Morgan fingerprint density at radius 3 is 2.70 bits per heavy atom. The normalized spacial score (nSPS) is 20.1. The Balaban J connectivity index is 1.84. The number of carbonyl (C=O) groups excluding carboxylic acids is 1. The third-order valence-electron chi connectivity index (χ3n) is 4.50. The Hall–Kier alpha value is -1.36. The van der Waals surface area contributed by atoms with Gasteiger partial charge in [0.15, 0.2) is 0 Å². The molecule has 1 amide bonds. The van der Waals surface area contributed by atoms with Crippen LogP contribution in [0.2, 0.25) is 0 Å². The second kappa shape index (κ2) is 6.39. The van der Waals surface area contributed by atoms with Crippen LogP contribution in [0.5, 0.6) is 0 Å². The van der Waals surface area contributed by atoms with Crippen molar-refractivity contribution in [1.82, 2.24) is 19.8 Å². The van der Waals surface area contributed by atoms with Crippen LogP contribution in [0.3, 0.4) is 0 Å². The van der Waals surface area contributed by atoms with Crippen molar-refractivity contribution in [1.29, 1.82) is 0 Å². The predicted molar refractivity (Wildman–Crippen MR) is 79.4 cm³/mol. The second-order valence-corrected chi connectivity index (χ2v) is 5.87. The number of piperidine rings is 1. The standard InChI is InChI=1S/C15H26N4O/c1-11-12(2)19(4)14(17-11)10-16-15(20)9-13-7-5-6-8-18(13)3/h13H,5-10H2,1-4H3,(H,16,20). The molecule has 1 aliphatic heterocycles. The van der Waals surface area contributed by atoms with E-state index >= 15 is 0 Å². The molecule has 112 valence electrons. The third-order valence-corrected chi connectivity index (χ3v) is 4.50. The van der Waals surface area contributed by atoms with Crippen LogP contribution in [-0.4, -0.2) is 40.0 Å². The zero-order valence-corrected chi connectivity index (χ0v) is 13.1. The van der Waals surface area contributed by atoms with Crippen LogP contribution >= 0.6 is 0 Å². The Morgan fingerprint density at radius 2 is 2.10 bits per heavy atom. The fourth-order valence-corrected chi connectivity index (χ4v) is 2.81. The van der Waals surface area contributed by atoms with E-state index in [1.165, 1.54) is 12.8 Å². The number of hydrogen-bond acceptors (Lipinski definition) is 3.